The molecule has 0 radical (unpaired) electrons. The minimum Gasteiger partial charge on any atom is -0.329 e. The Balaban J connectivity index is 3.58. The summed E-state index contributed by atoms with van der Waals surface area (Å²) in [6, 6.07) is 0. The Bertz CT molecular complexity index is 357. The second kappa shape index (κ2) is 8.03. The zero-order valence-electron chi connectivity index (χ0n) is 10.4. The molecule has 0 heterocycles. The van der Waals surface area contributed by atoms with Crippen LogP contribution in [0.25, 0.3) is 0 Å². The van der Waals surface area contributed by atoms with Gasteiger partial charge in [-0.05, 0) is 12.8 Å². The Morgan fingerprint density at radius 1 is 1.24 bits per heavy atom. The minimum absolute atomic E-state index is 0.00322. The summed E-state index contributed by atoms with van der Waals surface area (Å²) < 4.78 is 43.4. The lowest BCUT2D eigenvalue weighted by atomic mass is 10.3. The molecule has 0 saturated heterocycles. The molecule has 102 valence electrons. The van der Waals surface area contributed by atoms with Gasteiger partial charge >= 0.3 is 0 Å². The molecule has 0 aliphatic rings. The maximum Gasteiger partial charge on any atom is 0.267 e. The number of unbranched alkanes of at least 4 members (excludes halogenated alkanes) is 2. The van der Waals surface area contributed by atoms with Gasteiger partial charge in [0.15, 0.2) is 7.37 Å². The first-order valence-corrected chi connectivity index (χ1v) is 9.54. The van der Waals surface area contributed by atoms with Gasteiger partial charge in [-0.1, -0.05) is 12.5 Å². The van der Waals surface area contributed by atoms with E-state index in [9.17, 15) is 13.0 Å². The molecule has 0 saturated carbocycles. The van der Waals surface area contributed by atoms with E-state index in [2.05, 4.69) is 10.8 Å². The van der Waals surface area contributed by atoms with Crippen LogP contribution < -0.4 is 0 Å². The molecule has 0 amide bonds. The first-order valence-electron chi connectivity index (χ1n) is 5.44. The average molecular weight is 284 g/mol. The van der Waals surface area contributed by atoms with Crippen molar-refractivity contribution in [2.45, 2.75) is 19.3 Å². The summed E-state index contributed by atoms with van der Waals surface area (Å²) in [5.74, 6) is -0.00322. The molecule has 0 aliphatic heterocycles. The maximum atomic E-state index is 11.2. The molecule has 0 rings (SSSR count). The van der Waals surface area contributed by atoms with E-state index >= 15 is 0 Å². The Kier molecular flexibility index (Phi) is 7.96. The van der Waals surface area contributed by atoms with E-state index in [-0.39, 0.29) is 12.4 Å². The van der Waals surface area contributed by atoms with E-state index in [1.807, 2.05) is 0 Å². The second-order valence-electron chi connectivity index (χ2n) is 3.98. The summed E-state index contributed by atoms with van der Waals surface area (Å²) in [6.07, 6.45) is 3.31. The van der Waals surface area contributed by atoms with Crippen LogP contribution in [0.2, 0.25) is 0 Å². The largest absolute Gasteiger partial charge is 0.329 e. The second-order valence-corrected chi connectivity index (χ2v) is 8.50. The van der Waals surface area contributed by atoms with Crippen LogP contribution in [0.5, 0.6) is 0 Å². The quantitative estimate of drug-likeness (QED) is 0.266. The molecule has 0 aromatic rings. The van der Waals surface area contributed by atoms with Crippen LogP contribution in [0.3, 0.4) is 0 Å². The lowest BCUT2D eigenvalue weighted by Gasteiger charge is -2.07. The fourth-order valence-electron chi connectivity index (χ4n) is 1.05. The van der Waals surface area contributed by atoms with Crippen LogP contribution in [0, 0.1) is 0 Å². The summed E-state index contributed by atoms with van der Waals surface area (Å²) in [4.78, 5) is 0. The lowest BCUT2D eigenvalue weighted by molar-refractivity contribution is 0.309. The molecule has 0 aromatic heterocycles. The highest BCUT2D eigenvalue weighted by atomic mass is 32.2. The van der Waals surface area contributed by atoms with Crippen molar-refractivity contribution in [3.63, 3.8) is 0 Å². The molecular weight excluding hydrogens is 263 g/mol. The van der Waals surface area contributed by atoms with Gasteiger partial charge in [-0.15, -0.1) is 6.58 Å². The number of hydrogen-bond donors (Lipinski definition) is 0. The molecule has 0 aliphatic carbocycles. The van der Waals surface area contributed by atoms with E-state index < -0.39 is 17.5 Å². The fraction of sp³-hybridized carbons (Fsp3) is 0.800. The van der Waals surface area contributed by atoms with E-state index in [4.69, 9.17) is 4.52 Å². The topological polar surface area (TPSA) is 69.7 Å². The van der Waals surface area contributed by atoms with Crippen molar-refractivity contribution >= 4 is 17.5 Å². The minimum atomic E-state index is -3.43. The molecule has 5 nitrogen and oxygen atoms in total. The zero-order chi connectivity index (χ0) is 13.4. The van der Waals surface area contributed by atoms with Crippen molar-refractivity contribution in [2.75, 3.05) is 32.3 Å². The highest BCUT2D eigenvalue weighted by molar-refractivity contribution is 7.86. The third kappa shape index (κ3) is 12.1. The molecule has 0 atom stereocenters. The van der Waals surface area contributed by atoms with E-state index in [0.29, 0.717) is 25.9 Å². The van der Waals surface area contributed by atoms with Gasteiger partial charge in [-0.3, -0.25) is 8.75 Å². The molecule has 7 heteroatoms. The molecule has 0 bridgehead atoms. The normalized spacial score (nSPS) is 12.6. The third-order valence-corrected chi connectivity index (χ3v) is 3.89. The predicted molar refractivity (Wildman–Crippen MR) is 69.2 cm³/mol. The Hall–Kier alpha value is -0.160. The summed E-state index contributed by atoms with van der Waals surface area (Å²) in [6.45, 7) is 6.90. The van der Waals surface area contributed by atoms with E-state index in [1.54, 1.807) is 13.3 Å². The standard InChI is InChI=1S/C10H21O5PS/c1-4-8-15-17(12,13)10-7-5-6-9-14-16(2,3)11/h4H,1,5-10H2,2-3H3. The maximum absolute atomic E-state index is 11.2. The molecule has 17 heavy (non-hydrogen) atoms. The molecule has 0 fully saturated rings. The number of hydrogen-bond acceptors (Lipinski definition) is 5. The third-order valence-electron chi connectivity index (χ3n) is 1.81. The molecule has 0 unspecified atom stereocenters. The van der Waals surface area contributed by atoms with E-state index in [1.165, 1.54) is 6.08 Å². The van der Waals surface area contributed by atoms with Crippen molar-refractivity contribution in [3.05, 3.63) is 12.7 Å². The molecule has 0 spiro atoms. The van der Waals surface area contributed by atoms with Crippen LogP contribution >= 0.6 is 7.37 Å². The summed E-state index contributed by atoms with van der Waals surface area (Å²) in [7, 11) is -5.84. The Labute approximate surface area is 104 Å². The van der Waals surface area contributed by atoms with Gasteiger partial charge in [0.1, 0.15) is 0 Å². The van der Waals surface area contributed by atoms with Crippen LogP contribution in [-0.4, -0.2) is 40.7 Å². The van der Waals surface area contributed by atoms with E-state index in [0.717, 1.165) is 0 Å². The van der Waals surface area contributed by atoms with Gasteiger partial charge in [-0.2, -0.15) is 8.42 Å². The van der Waals surface area contributed by atoms with Crippen LogP contribution in [0.1, 0.15) is 19.3 Å². The lowest BCUT2D eigenvalue weighted by Crippen LogP contribution is -2.10. The highest BCUT2D eigenvalue weighted by Crippen LogP contribution is 2.37. The average Bonchev–Trinajstić information content (AvgIpc) is 2.19. The summed E-state index contributed by atoms with van der Waals surface area (Å²) in [5.41, 5.74) is 0. The van der Waals surface area contributed by atoms with Crippen molar-refractivity contribution in [1.82, 2.24) is 0 Å². The first kappa shape index (κ1) is 16.8. The fourth-order valence-corrected chi connectivity index (χ4v) is 2.60. The molecule has 0 N–H and O–H groups in total. The van der Waals surface area contributed by atoms with Gasteiger partial charge in [0.2, 0.25) is 0 Å². The summed E-state index contributed by atoms with van der Waals surface area (Å²) in [5, 5.41) is 0. The van der Waals surface area contributed by atoms with Crippen molar-refractivity contribution < 1.29 is 21.7 Å². The van der Waals surface area contributed by atoms with Gasteiger partial charge in [-0.25, -0.2) is 0 Å². The van der Waals surface area contributed by atoms with Crippen molar-refractivity contribution in [1.29, 1.82) is 0 Å². The predicted octanol–water partition coefficient (Wildman–Crippen LogP) is 2.24. The van der Waals surface area contributed by atoms with Gasteiger partial charge in [0.05, 0.1) is 19.0 Å². The van der Waals surface area contributed by atoms with Gasteiger partial charge in [0.25, 0.3) is 10.1 Å². The van der Waals surface area contributed by atoms with Crippen molar-refractivity contribution in [3.8, 4) is 0 Å². The zero-order valence-corrected chi connectivity index (χ0v) is 12.1. The first-order chi connectivity index (χ1) is 7.77. The molecule has 0 aromatic carbocycles. The van der Waals surface area contributed by atoms with Gasteiger partial charge in [0, 0.05) is 13.3 Å². The number of rotatable bonds is 10. The Morgan fingerprint density at radius 2 is 1.88 bits per heavy atom. The SMILES string of the molecule is C=CCOS(=O)(=O)CCCCCOP(C)(C)=O. The monoisotopic (exact) mass is 284 g/mol. The van der Waals surface area contributed by atoms with Crippen LogP contribution in [-0.2, 0) is 23.4 Å². The smallest absolute Gasteiger partial charge is 0.267 e. The highest BCUT2D eigenvalue weighted by Gasteiger charge is 2.10. The van der Waals surface area contributed by atoms with Crippen molar-refractivity contribution in [2.24, 2.45) is 0 Å². The van der Waals surface area contributed by atoms with Crippen LogP contribution in [0.4, 0.5) is 0 Å². The van der Waals surface area contributed by atoms with Crippen LogP contribution in [0.15, 0.2) is 12.7 Å². The summed E-state index contributed by atoms with van der Waals surface area (Å²) >= 11 is 0. The Morgan fingerprint density at radius 3 is 2.41 bits per heavy atom. The van der Waals surface area contributed by atoms with Gasteiger partial charge < -0.3 is 4.52 Å². The molecular formula is C10H21O5PS.